The van der Waals surface area contributed by atoms with E-state index in [1.54, 1.807) is 7.05 Å². The van der Waals surface area contributed by atoms with Gasteiger partial charge in [0.1, 0.15) is 5.60 Å². The van der Waals surface area contributed by atoms with Gasteiger partial charge in [0.2, 0.25) is 0 Å². The second-order valence-electron chi connectivity index (χ2n) is 3.20. The van der Waals surface area contributed by atoms with Crippen molar-refractivity contribution in [2.24, 2.45) is 0 Å². The van der Waals surface area contributed by atoms with Crippen molar-refractivity contribution in [3.63, 3.8) is 0 Å². The van der Waals surface area contributed by atoms with Crippen molar-refractivity contribution in [2.45, 2.75) is 26.4 Å². The van der Waals surface area contributed by atoms with Crippen molar-refractivity contribution >= 4 is 5.97 Å². The molecule has 4 heteroatoms. The molecule has 0 heterocycles. The number of rotatable bonds is 5. The second-order valence-corrected chi connectivity index (χ2v) is 3.20. The summed E-state index contributed by atoms with van der Waals surface area (Å²) in [5, 5.41) is 2.83. The third kappa shape index (κ3) is 6.12. The van der Waals surface area contributed by atoms with Crippen LogP contribution in [0.15, 0.2) is 0 Å². The van der Waals surface area contributed by atoms with E-state index in [0.717, 1.165) is 0 Å². The second kappa shape index (κ2) is 5.11. The number of carbonyl (C=O) groups excluding carboxylic acids is 1. The highest BCUT2D eigenvalue weighted by Crippen LogP contribution is 2.09. The summed E-state index contributed by atoms with van der Waals surface area (Å²) >= 11 is 0. The monoisotopic (exact) mass is 175 g/mol. The van der Waals surface area contributed by atoms with Gasteiger partial charge in [0, 0.05) is 6.92 Å². The van der Waals surface area contributed by atoms with Crippen LogP contribution in [0.1, 0.15) is 20.8 Å². The number of nitrogens with one attached hydrogen (secondary N) is 1. The Morgan fingerprint density at radius 3 is 2.50 bits per heavy atom. The highest BCUT2D eigenvalue weighted by molar-refractivity contribution is 5.66. The Morgan fingerprint density at radius 1 is 1.50 bits per heavy atom. The van der Waals surface area contributed by atoms with Gasteiger partial charge in [0.15, 0.2) is 0 Å². The number of hydrogen-bond donors (Lipinski definition) is 1. The summed E-state index contributed by atoms with van der Waals surface area (Å²) in [7, 11) is 1.79. The minimum Gasteiger partial charge on any atom is -0.457 e. The Hall–Kier alpha value is -0.610. The highest BCUT2D eigenvalue weighted by Gasteiger charge is 2.20. The predicted octanol–water partition coefficient (Wildman–Crippen LogP) is 0.522. The van der Waals surface area contributed by atoms with E-state index in [-0.39, 0.29) is 5.97 Å². The minimum atomic E-state index is -0.539. The molecule has 0 bridgehead atoms. The first-order valence-electron chi connectivity index (χ1n) is 3.90. The van der Waals surface area contributed by atoms with Crippen LogP contribution in [0.2, 0.25) is 0 Å². The lowest BCUT2D eigenvalue weighted by atomic mass is 10.1. The largest absolute Gasteiger partial charge is 0.457 e. The molecule has 0 spiro atoms. The average Bonchev–Trinajstić information content (AvgIpc) is 1.84. The van der Waals surface area contributed by atoms with E-state index in [0.29, 0.717) is 13.3 Å². The Morgan fingerprint density at radius 2 is 2.08 bits per heavy atom. The molecule has 4 nitrogen and oxygen atoms in total. The average molecular weight is 175 g/mol. The molecule has 0 amide bonds. The molecular formula is C8H17NO3. The maximum atomic E-state index is 10.6. The summed E-state index contributed by atoms with van der Waals surface area (Å²) in [4.78, 5) is 10.6. The summed E-state index contributed by atoms with van der Waals surface area (Å²) in [5.41, 5.74) is -0.539. The first kappa shape index (κ1) is 11.4. The lowest BCUT2D eigenvalue weighted by Crippen LogP contribution is -2.33. The molecule has 0 saturated carbocycles. The van der Waals surface area contributed by atoms with Gasteiger partial charge in [-0.05, 0) is 20.9 Å². The molecule has 0 unspecified atom stereocenters. The quantitative estimate of drug-likeness (QED) is 0.376. The van der Waals surface area contributed by atoms with Gasteiger partial charge >= 0.3 is 5.97 Å². The molecule has 0 aliphatic rings. The summed E-state index contributed by atoms with van der Waals surface area (Å²) < 4.78 is 10.2. The zero-order chi connectivity index (χ0) is 9.61. The van der Waals surface area contributed by atoms with Crippen LogP contribution in [0, 0.1) is 0 Å². The van der Waals surface area contributed by atoms with Crippen molar-refractivity contribution in [1.29, 1.82) is 0 Å². The smallest absolute Gasteiger partial charge is 0.303 e. The van der Waals surface area contributed by atoms with E-state index in [9.17, 15) is 4.79 Å². The number of esters is 1. The van der Waals surface area contributed by atoms with Crippen LogP contribution in [0.5, 0.6) is 0 Å². The van der Waals surface area contributed by atoms with Gasteiger partial charge in [-0.15, -0.1) is 0 Å². The van der Waals surface area contributed by atoms with Crippen LogP contribution in [0.4, 0.5) is 0 Å². The number of hydrogen-bond acceptors (Lipinski definition) is 4. The molecule has 0 aromatic rings. The van der Waals surface area contributed by atoms with Gasteiger partial charge in [-0.3, -0.25) is 10.1 Å². The normalized spacial score (nSPS) is 11.3. The topological polar surface area (TPSA) is 47.6 Å². The Balaban J connectivity index is 3.63. The highest BCUT2D eigenvalue weighted by atomic mass is 16.6. The first-order valence-corrected chi connectivity index (χ1v) is 3.90. The summed E-state index contributed by atoms with van der Waals surface area (Å²) in [6.07, 6.45) is 0. The molecule has 0 rings (SSSR count). The summed E-state index contributed by atoms with van der Waals surface area (Å²) in [5.74, 6) is -0.284. The SMILES string of the molecule is CNCOCC(C)(C)OC(C)=O. The molecule has 0 aromatic heterocycles. The first-order chi connectivity index (χ1) is 5.48. The Bertz CT molecular complexity index is 145. The van der Waals surface area contributed by atoms with E-state index in [1.807, 2.05) is 13.8 Å². The maximum absolute atomic E-state index is 10.6. The molecule has 0 atom stereocenters. The third-order valence-electron chi connectivity index (χ3n) is 1.12. The zero-order valence-electron chi connectivity index (χ0n) is 8.14. The van der Waals surface area contributed by atoms with Crippen LogP contribution in [0.3, 0.4) is 0 Å². The number of ether oxygens (including phenoxy) is 2. The fraction of sp³-hybridized carbons (Fsp3) is 0.875. The van der Waals surface area contributed by atoms with Crippen LogP contribution in [-0.4, -0.2) is 32.0 Å². The van der Waals surface area contributed by atoms with Crippen molar-refractivity contribution in [3.8, 4) is 0 Å². The van der Waals surface area contributed by atoms with Crippen LogP contribution in [0.25, 0.3) is 0 Å². The zero-order valence-corrected chi connectivity index (χ0v) is 8.14. The van der Waals surface area contributed by atoms with Crippen molar-refractivity contribution < 1.29 is 14.3 Å². The van der Waals surface area contributed by atoms with Crippen LogP contribution in [-0.2, 0) is 14.3 Å². The fourth-order valence-corrected chi connectivity index (χ4v) is 0.817. The van der Waals surface area contributed by atoms with Crippen molar-refractivity contribution in [2.75, 3.05) is 20.4 Å². The minimum absolute atomic E-state index is 0.284. The van der Waals surface area contributed by atoms with Gasteiger partial charge in [0.25, 0.3) is 0 Å². The van der Waals surface area contributed by atoms with Crippen molar-refractivity contribution in [1.82, 2.24) is 5.32 Å². The van der Waals surface area contributed by atoms with E-state index in [2.05, 4.69) is 5.32 Å². The summed E-state index contributed by atoms with van der Waals surface area (Å²) in [6, 6.07) is 0. The molecule has 72 valence electrons. The van der Waals surface area contributed by atoms with Gasteiger partial charge in [-0.25, -0.2) is 0 Å². The lowest BCUT2D eigenvalue weighted by molar-refractivity contribution is -0.159. The molecule has 12 heavy (non-hydrogen) atoms. The van der Waals surface area contributed by atoms with E-state index in [4.69, 9.17) is 9.47 Å². The van der Waals surface area contributed by atoms with E-state index >= 15 is 0 Å². The molecule has 0 aliphatic heterocycles. The van der Waals surface area contributed by atoms with Crippen LogP contribution < -0.4 is 5.32 Å². The molecular weight excluding hydrogens is 158 g/mol. The van der Waals surface area contributed by atoms with Gasteiger partial charge in [0.05, 0.1) is 13.3 Å². The molecule has 0 aromatic carbocycles. The van der Waals surface area contributed by atoms with E-state index < -0.39 is 5.60 Å². The predicted molar refractivity (Wildman–Crippen MR) is 45.7 cm³/mol. The van der Waals surface area contributed by atoms with Gasteiger partial charge < -0.3 is 9.47 Å². The molecule has 0 fully saturated rings. The third-order valence-corrected chi connectivity index (χ3v) is 1.12. The van der Waals surface area contributed by atoms with Crippen LogP contribution >= 0.6 is 0 Å². The van der Waals surface area contributed by atoms with E-state index in [1.165, 1.54) is 6.92 Å². The maximum Gasteiger partial charge on any atom is 0.303 e. The lowest BCUT2D eigenvalue weighted by Gasteiger charge is -2.23. The van der Waals surface area contributed by atoms with Gasteiger partial charge in [-0.1, -0.05) is 0 Å². The molecule has 0 aliphatic carbocycles. The van der Waals surface area contributed by atoms with Gasteiger partial charge in [-0.2, -0.15) is 0 Å². The Kier molecular flexibility index (Phi) is 4.85. The molecule has 1 N–H and O–H groups in total. The number of carbonyl (C=O) groups is 1. The molecule has 0 radical (unpaired) electrons. The fourth-order valence-electron chi connectivity index (χ4n) is 0.817. The van der Waals surface area contributed by atoms with Crippen molar-refractivity contribution in [3.05, 3.63) is 0 Å². The molecule has 0 saturated heterocycles. The summed E-state index contributed by atoms with van der Waals surface area (Å²) in [6.45, 7) is 5.87. The Labute approximate surface area is 73.2 Å². The standard InChI is InChI=1S/C8H17NO3/c1-7(10)12-8(2,3)5-11-6-9-4/h9H,5-6H2,1-4H3.